The van der Waals surface area contributed by atoms with E-state index in [1.165, 1.54) is 15.8 Å². The predicted octanol–water partition coefficient (Wildman–Crippen LogP) is 1.66. The van der Waals surface area contributed by atoms with Gasteiger partial charge in [0.05, 0.1) is 11.9 Å². The van der Waals surface area contributed by atoms with Crippen LogP contribution in [0.4, 0.5) is 5.82 Å². The quantitative estimate of drug-likeness (QED) is 0.787. The van der Waals surface area contributed by atoms with E-state index in [4.69, 9.17) is 4.63 Å². The summed E-state index contributed by atoms with van der Waals surface area (Å²) in [6, 6.07) is 0. The van der Waals surface area contributed by atoms with Gasteiger partial charge in [-0.3, -0.25) is 0 Å². The van der Waals surface area contributed by atoms with Crippen LogP contribution in [-0.2, 0) is 19.5 Å². The van der Waals surface area contributed by atoms with Gasteiger partial charge in [-0.15, -0.1) is 11.3 Å². The van der Waals surface area contributed by atoms with Gasteiger partial charge < -0.3 is 10.2 Å². The third-order valence-electron chi connectivity index (χ3n) is 3.98. The molecule has 4 heterocycles. The van der Waals surface area contributed by atoms with Crippen LogP contribution in [0.3, 0.4) is 0 Å². The van der Waals surface area contributed by atoms with Crippen LogP contribution < -0.4 is 10.2 Å². The van der Waals surface area contributed by atoms with Crippen molar-refractivity contribution in [1.29, 1.82) is 0 Å². The minimum Gasteiger partial charge on any atom is -0.353 e. The number of nitrogens with one attached hydrogen (secondary N) is 1. The van der Waals surface area contributed by atoms with Gasteiger partial charge in [0, 0.05) is 18.5 Å². The molecular weight excluding hydrogens is 300 g/mol. The second kappa shape index (κ2) is 5.29. The molecule has 8 heteroatoms. The number of nitrogens with zero attached hydrogens (tertiary/aromatic N) is 5. The summed E-state index contributed by atoms with van der Waals surface area (Å²) in [5.74, 6) is 0.951. The molecule has 0 saturated heterocycles. The van der Waals surface area contributed by atoms with E-state index < -0.39 is 0 Å². The molecule has 0 amide bonds. The van der Waals surface area contributed by atoms with Crippen molar-refractivity contribution in [3.63, 3.8) is 0 Å². The van der Waals surface area contributed by atoms with E-state index in [1.807, 2.05) is 14.0 Å². The van der Waals surface area contributed by atoms with E-state index >= 15 is 0 Å². The Morgan fingerprint density at radius 3 is 3.09 bits per heavy atom. The molecule has 7 nitrogen and oxygen atoms in total. The van der Waals surface area contributed by atoms with Crippen molar-refractivity contribution in [2.24, 2.45) is 0 Å². The van der Waals surface area contributed by atoms with Crippen LogP contribution in [0, 0.1) is 6.92 Å². The van der Waals surface area contributed by atoms with Crippen LogP contribution >= 0.6 is 11.3 Å². The number of aromatic nitrogens is 4. The van der Waals surface area contributed by atoms with Crippen molar-refractivity contribution in [2.75, 3.05) is 18.5 Å². The molecule has 0 spiro atoms. The number of hydrogen-bond donors (Lipinski definition) is 1. The Hall–Kier alpha value is -2.06. The molecule has 1 N–H and O–H groups in total. The maximum absolute atomic E-state index is 4.78. The van der Waals surface area contributed by atoms with Crippen LogP contribution in [-0.4, -0.2) is 33.9 Å². The molecular formula is C14H16N6OS. The third-order valence-corrected chi connectivity index (χ3v) is 5.12. The van der Waals surface area contributed by atoms with E-state index in [2.05, 4.69) is 30.5 Å². The van der Waals surface area contributed by atoms with Gasteiger partial charge in [-0.1, -0.05) is 10.3 Å². The maximum atomic E-state index is 4.78. The molecule has 3 aromatic heterocycles. The van der Waals surface area contributed by atoms with Gasteiger partial charge in [0.25, 0.3) is 0 Å². The van der Waals surface area contributed by atoms with Gasteiger partial charge in [0.1, 0.15) is 28.4 Å². The molecule has 1 aliphatic rings. The van der Waals surface area contributed by atoms with Crippen LogP contribution in [0.15, 0.2) is 11.0 Å². The van der Waals surface area contributed by atoms with E-state index in [0.717, 1.165) is 41.5 Å². The zero-order valence-corrected chi connectivity index (χ0v) is 13.3. The molecule has 0 fully saturated rings. The largest absolute Gasteiger partial charge is 0.353 e. The van der Waals surface area contributed by atoms with E-state index in [1.54, 1.807) is 17.7 Å². The fourth-order valence-electron chi connectivity index (χ4n) is 2.82. The standard InChI is InChI=1S/C14H16N6OS/c1-8-10(19-21-18-8)6-20(2)13-12-9-3-4-15-5-11(9)22-14(12)17-7-16-13/h7,15H,3-6H2,1-2H3. The van der Waals surface area contributed by atoms with Crippen molar-refractivity contribution >= 4 is 27.4 Å². The van der Waals surface area contributed by atoms with Crippen LogP contribution in [0.1, 0.15) is 21.8 Å². The number of anilines is 1. The lowest BCUT2D eigenvalue weighted by Gasteiger charge is -2.19. The number of aryl methyl sites for hydroxylation is 1. The minimum absolute atomic E-state index is 0.615. The molecule has 0 aliphatic carbocycles. The first-order chi connectivity index (χ1) is 10.7. The molecule has 0 saturated carbocycles. The third kappa shape index (κ3) is 2.15. The summed E-state index contributed by atoms with van der Waals surface area (Å²) in [7, 11) is 2.01. The van der Waals surface area contributed by atoms with Gasteiger partial charge in [-0.05, 0) is 25.5 Å². The molecule has 0 atom stereocenters. The molecule has 3 aromatic rings. The van der Waals surface area contributed by atoms with E-state index in [9.17, 15) is 0 Å². The first kappa shape index (κ1) is 13.6. The smallest absolute Gasteiger partial charge is 0.141 e. The predicted molar refractivity (Wildman–Crippen MR) is 84.0 cm³/mol. The summed E-state index contributed by atoms with van der Waals surface area (Å²) in [5, 5.41) is 12.4. The molecule has 0 unspecified atom stereocenters. The lowest BCUT2D eigenvalue weighted by Crippen LogP contribution is -2.23. The molecule has 4 rings (SSSR count). The highest BCUT2D eigenvalue weighted by Crippen LogP contribution is 2.36. The number of thiophene rings is 1. The fourth-order valence-corrected chi connectivity index (χ4v) is 3.98. The van der Waals surface area contributed by atoms with E-state index in [-0.39, 0.29) is 0 Å². The van der Waals surface area contributed by atoms with Crippen molar-refractivity contribution in [1.82, 2.24) is 25.6 Å². The van der Waals surface area contributed by atoms with Gasteiger partial charge in [0.2, 0.25) is 0 Å². The van der Waals surface area contributed by atoms with Gasteiger partial charge in [-0.2, -0.15) is 0 Å². The second-order valence-corrected chi connectivity index (χ2v) is 6.54. The molecule has 114 valence electrons. The Balaban J connectivity index is 1.77. The first-order valence-electron chi connectivity index (χ1n) is 7.19. The van der Waals surface area contributed by atoms with Gasteiger partial charge in [0.15, 0.2) is 0 Å². The molecule has 22 heavy (non-hydrogen) atoms. The summed E-state index contributed by atoms with van der Waals surface area (Å²) < 4.78 is 4.78. The van der Waals surface area contributed by atoms with Crippen molar-refractivity contribution < 1.29 is 4.63 Å². The number of rotatable bonds is 3. The molecule has 0 radical (unpaired) electrons. The monoisotopic (exact) mass is 316 g/mol. The van der Waals surface area contributed by atoms with Crippen LogP contribution in [0.25, 0.3) is 10.2 Å². The summed E-state index contributed by atoms with van der Waals surface area (Å²) in [4.78, 5) is 13.5. The Bertz CT molecular complexity index is 826. The average molecular weight is 316 g/mol. The fraction of sp³-hybridized carbons (Fsp3) is 0.429. The summed E-state index contributed by atoms with van der Waals surface area (Å²) in [6.45, 7) is 4.44. The summed E-state index contributed by atoms with van der Waals surface area (Å²) in [5.41, 5.74) is 3.03. The normalized spacial score (nSPS) is 14.3. The lowest BCUT2D eigenvalue weighted by molar-refractivity contribution is 0.301. The topological polar surface area (TPSA) is 80.0 Å². The highest BCUT2D eigenvalue weighted by Gasteiger charge is 2.21. The Kier molecular flexibility index (Phi) is 3.27. The Morgan fingerprint density at radius 1 is 1.36 bits per heavy atom. The minimum atomic E-state index is 0.615. The Labute approximate surface area is 131 Å². The highest BCUT2D eigenvalue weighted by molar-refractivity contribution is 7.18. The highest BCUT2D eigenvalue weighted by atomic mass is 32.1. The Morgan fingerprint density at radius 2 is 2.27 bits per heavy atom. The lowest BCUT2D eigenvalue weighted by atomic mass is 10.1. The summed E-state index contributed by atoms with van der Waals surface area (Å²) >= 11 is 1.76. The molecule has 0 aromatic carbocycles. The van der Waals surface area contributed by atoms with E-state index in [0.29, 0.717) is 6.54 Å². The zero-order chi connectivity index (χ0) is 15.1. The van der Waals surface area contributed by atoms with Gasteiger partial charge in [-0.25, -0.2) is 14.6 Å². The van der Waals surface area contributed by atoms with Crippen LogP contribution in [0.2, 0.25) is 0 Å². The van der Waals surface area contributed by atoms with Crippen molar-refractivity contribution in [3.8, 4) is 0 Å². The second-order valence-electron chi connectivity index (χ2n) is 5.46. The zero-order valence-electron chi connectivity index (χ0n) is 12.5. The number of hydrogen-bond acceptors (Lipinski definition) is 8. The maximum Gasteiger partial charge on any atom is 0.141 e. The van der Waals surface area contributed by atoms with Crippen molar-refractivity contribution in [2.45, 2.75) is 26.4 Å². The number of fused-ring (bicyclic) bond motifs is 3. The SMILES string of the molecule is Cc1nonc1CN(C)c1ncnc2sc3c(c12)CCNC3. The molecule has 0 bridgehead atoms. The summed E-state index contributed by atoms with van der Waals surface area (Å²) in [6.07, 6.45) is 2.66. The first-order valence-corrected chi connectivity index (χ1v) is 8.01. The average Bonchev–Trinajstić information content (AvgIpc) is 3.10. The van der Waals surface area contributed by atoms with Crippen LogP contribution in [0.5, 0.6) is 0 Å². The van der Waals surface area contributed by atoms with Gasteiger partial charge >= 0.3 is 0 Å². The van der Waals surface area contributed by atoms with Crippen molar-refractivity contribution in [3.05, 3.63) is 28.2 Å². The molecule has 1 aliphatic heterocycles.